The third-order valence-corrected chi connectivity index (χ3v) is 1.22. The van der Waals surface area contributed by atoms with E-state index in [1.54, 1.807) is 0 Å². The predicted octanol–water partition coefficient (Wildman–Crippen LogP) is 1.47. The van der Waals surface area contributed by atoms with Crippen LogP contribution < -0.4 is 0 Å². The summed E-state index contributed by atoms with van der Waals surface area (Å²) in [6, 6.07) is 2.88. The molecule has 1 heterocycles. The van der Waals surface area contributed by atoms with Crippen LogP contribution in [0.4, 0.5) is 8.78 Å². The average Bonchev–Trinajstić information content (AvgIpc) is 2.52. The smallest absolute Gasteiger partial charge is 0.456 e. The molecule has 1 aromatic heterocycles. The Morgan fingerprint density at radius 2 is 2.38 bits per heavy atom. The Hall–Kier alpha value is -1.43. The van der Waals surface area contributed by atoms with Crippen molar-refractivity contribution >= 4 is 5.97 Å². The fraction of sp³-hybridized carbons (Fsp3) is 0.286. The van der Waals surface area contributed by atoms with E-state index in [9.17, 15) is 13.6 Å². The van der Waals surface area contributed by atoms with E-state index in [0.29, 0.717) is 0 Å². The van der Waals surface area contributed by atoms with E-state index in [-0.39, 0.29) is 5.76 Å². The van der Waals surface area contributed by atoms with Gasteiger partial charge in [-0.2, -0.15) is 8.78 Å². The van der Waals surface area contributed by atoms with E-state index >= 15 is 0 Å². The van der Waals surface area contributed by atoms with Gasteiger partial charge < -0.3 is 14.3 Å². The summed E-state index contributed by atoms with van der Waals surface area (Å²) >= 11 is 0. The molecule has 0 aliphatic heterocycles. The van der Waals surface area contributed by atoms with Gasteiger partial charge in [0.05, 0.1) is 6.26 Å². The number of hydrogen-bond acceptors (Lipinski definition) is 3. The van der Waals surface area contributed by atoms with Crippen molar-refractivity contribution in [1.82, 2.24) is 0 Å². The zero-order valence-electron chi connectivity index (χ0n) is 6.37. The van der Waals surface area contributed by atoms with Gasteiger partial charge in [-0.05, 0) is 12.1 Å². The first-order chi connectivity index (χ1) is 6.02. The third-order valence-electron chi connectivity index (χ3n) is 1.22. The molecule has 0 atom stereocenters. The molecule has 0 aromatic carbocycles. The quantitative estimate of drug-likeness (QED) is 0.784. The van der Waals surface area contributed by atoms with Crippen LogP contribution in [0, 0.1) is 0 Å². The molecule has 0 saturated heterocycles. The zero-order chi connectivity index (χ0) is 9.90. The highest BCUT2D eigenvalue weighted by Gasteiger charge is 2.40. The molecular formula is C7H6F2O4. The molecule has 13 heavy (non-hydrogen) atoms. The lowest BCUT2D eigenvalue weighted by Gasteiger charge is -2.09. The molecule has 1 rings (SSSR count). The second-order valence-electron chi connectivity index (χ2n) is 2.19. The van der Waals surface area contributed by atoms with Gasteiger partial charge in [0.1, 0.15) is 12.4 Å². The maximum Gasteiger partial charge on any atom is 0.456 e. The van der Waals surface area contributed by atoms with Gasteiger partial charge in [0, 0.05) is 0 Å². The molecule has 1 N–H and O–H groups in total. The standard InChI is InChI=1S/C7H6F2O4/c8-7(9,6(10)11)13-4-5-2-1-3-12-5/h1-3H,4H2,(H,10,11). The van der Waals surface area contributed by atoms with E-state index < -0.39 is 18.7 Å². The molecule has 0 unspecified atom stereocenters. The van der Waals surface area contributed by atoms with Gasteiger partial charge in [0.15, 0.2) is 0 Å². The van der Waals surface area contributed by atoms with Crippen molar-refractivity contribution < 1.29 is 27.8 Å². The maximum absolute atomic E-state index is 12.3. The van der Waals surface area contributed by atoms with Crippen LogP contribution in [0.1, 0.15) is 5.76 Å². The number of carboxylic acids is 1. The van der Waals surface area contributed by atoms with Crippen molar-refractivity contribution in [3.05, 3.63) is 24.2 Å². The monoisotopic (exact) mass is 192 g/mol. The van der Waals surface area contributed by atoms with E-state index in [2.05, 4.69) is 9.15 Å². The highest BCUT2D eigenvalue weighted by molar-refractivity contribution is 5.73. The van der Waals surface area contributed by atoms with Crippen molar-refractivity contribution in [1.29, 1.82) is 0 Å². The van der Waals surface area contributed by atoms with Crippen LogP contribution in [-0.4, -0.2) is 17.2 Å². The van der Waals surface area contributed by atoms with Crippen LogP contribution in [0.2, 0.25) is 0 Å². The van der Waals surface area contributed by atoms with Crippen molar-refractivity contribution in [3.63, 3.8) is 0 Å². The molecule has 0 amide bonds. The van der Waals surface area contributed by atoms with Gasteiger partial charge in [0.25, 0.3) is 0 Å². The van der Waals surface area contributed by atoms with Crippen molar-refractivity contribution in [2.75, 3.05) is 0 Å². The highest BCUT2D eigenvalue weighted by atomic mass is 19.3. The van der Waals surface area contributed by atoms with Gasteiger partial charge in [-0.15, -0.1) is 0 Å². The molecule has 72 valence electrons. The first-order valence-corrected chi connectivity index (χ1v) is 3.30. The van der Waals surface area contributed by atoms with E-state index in [1.807, 2.05) is 0 Å². The number of hydrogen-bond donors (Lipinski definition) is 1. The van der Waals surface area contributed by atoms with Crippen molar-refractivity contribution in [2.24, 2.45) is 0 Å². The van der Waals surface area contributed by atoms with E-state index in [0.717, 1.165) is 0 Å². The molecule has 0 radical (unpaired) electrons. The number of furan rings is 1. The fourth-order valence-corrected chi connectivity index (χ4v) is 0.618. The lowest BCUT2D eigenvalue weighted by molar-refractivity contribution is -0.251. The molecule has 1 aromatic rings. The summed E-state index contributed by atoms with van der Waals surface area (Å²) in [6.07, 6.45) is -2.90. The number of halogens is 2. The molecule has 0 aliphatic rings. The Balaban J connectivity index is 2.47. The minimum atomic E-state index is -4.17. The Labute approximate surface area is 71.7 Å². The number of carbonyl (C=O) groups is 1. The summed E-state index contributed by atoms with van der Waals surface area (Å²) in [7, 11) is 0. The molecule has 0 saturated carbocycles. The van der Waals surface area contributed by atoms with E-state index in [1.165, 1.54) is 18.4 Å². The van der Waals surface area contributed by atoms with E-state index in [4.69, 9.17) is 5.11 Å². The van der Waals surface area contributed by atoms with Crippen LogP contribution in [0.15, 0.2) is 22.8 Å². The SMILES string of the molecule is O=C(O)C(F)(F)OCc1ccco1. The Morgan fingerprint density at radius 3 is 2.85 bits per heavy atom. The van der Waals surface area contributed by atoms with Crippen LogP contribution in [0.5, 0.6) is 0 Å². The minimum absolute atomic E-state index is 0.140. The Kier molecular flexibility index (Phi) is 2.62. The fourth-order valence-electron chi connectivity index (χ4n) is 0.618. The van der Waals surface area contributed by atoms with Gasteiger partial charge in [-0.1, -0.05) is 0 Å². The predicted molar refractivity (Wildman–Crippen MR) is 36.1 cm³/mol. The van der Waals surface area contributed by atoms with Crippen molar-refractivity contribution in [2.45, 2.75) is 12.7 Å². The lowest BCUT2D eigenvalue weighted by atomic mass is 10.5. The van der Waals surface area contributed by atoms with Gasteiger partial charge in [0.2, 0.25) is 0 Å². The van der Waals surface area contributed by atoms with Crippen LogP contribution in [0.3, 0.4) is 0 Å². The second kappa shape index (κ2) is 3.53. The summed E-state index contributed by atoms with van der Waals surface area (Å²) < 4.78 is 33.0. The largest absolute Gasteiger partial charge is 0.475 e. The second-order valence-corrected chi connectivity index (χ2v) is 2.19. The molecule has 0 bridgehead atoms. The number of alkyl halides is 2. The summed E-state index contributed by atoms with van der Waals surface area (Å²) in [4.78, 5) is 9.87. The summed E-state index contributed by atoms with van der Waals surface area (Å²) in [6.45, 7) is -0.577. The number of aliphatic carboxylic acids is 1. The molecular weight excluding hydrogens is 186 g/mol. The van der Waals surface area contributed by atoms with Crippen LogP contribution in [-0.2, 0) is 16.1 Å². The van der Waals surface area contributed by atoms with Gasteiger partial charge in [-0.25, -0.2) is 4.79 Å². The van der Waals surface area contributed by atoms with Gasteiger partial charge in [-0.3, -0.25) is 0 Å². The molecule has 0 fully saturated rings. The summed E-state index contributed by atoms with van der Waals surface area (Å²) in [5.41, 5.74) is 0. The first kappa shape index (κ1) is 9.66. The highest BCUT2D eigenvalue weighted by Crippen LogP contribution is 2.17. The maximum atomic E-state index is 12.3. The minimum Gasteiger partial charge on any atom is -0.475 e. The van der Waals surface area contributed by atoms with Gasteiger partial charge >= 0.3 is 12.1 Å². The molecule has 0 spiro atoms. The van der Waals surface area contributed by atoms with Crippen LogP contribution >= 0.6 is 0 Å². The number of ether oxygens (including phenoxy) is 1. The Morgan fingerprint density at radius 1 is 1.69 bits per heavy atom. The van der Waals surface area contributed by atoms with Crippen LogP contribution in [0.25, 0.3) is 0 Å². The summed E-state index contributed by atoms with van der Waals surface area (Å²) in [5, 5.41) is 7.96. The molecule has 4 nitrogen and oxygen atoms in total. The third kappa shape index (κ3) is 2.51. The molecule has 0 aliphatic carbocycles. The summed E-state index contributed by atoms with van der Waals surface area (Å²) in [5.74, 6) is -2.18. The average molecular weight is 192 g/mol. The zero-order valence-corrected chi connectivity index (χ0v) is 6.37. The Bertz CT molecular complexity index is 281. The lowest BCUT2D eigenvalue weighted by Crippen LogP contribution is -2.31. The van der Waals surface area contributed by atoms with Crippen molar-refractivity contribution in [3.8, 4) is 0 Å². The first-order valence-electron chi connectivity index (χ1n) is 3.30. The molecule has 6 heteroatoms. The normalized spacial score (nSPS) is 11.5. The number of rotatable bonds is 4. The number of carboxylic acid groups (broad SMARTS) is 1. The topological polar surface area (TPSA) is 59.7 Å².